The molecule has 0 bridgehead atoms. The number of esters is 1. The number of nitrogens with zero attached hydrogens (tertiary/aromatic N) is 3. The van der Waals surface area contributed by atoms with Crippen LogP contribution in [0.2, 0.25) is 5.02 Å². The molecule has 41 heavy (non-hydrogen) atoms. The number of carbonyl (C=O) groups excluding carboxylic acids is 1. The Morgan fingerprint density at radius 3 is 2.59 bits per heavy atom. The maximum absolute atomic E-state index is 14.1. The van der Waals surface area contributed by atoms with Crippen LogP contribution in [0.5, 0.6) is 0 Å². The predicted octanol–water partition coefficient (Wildman–Crippen LogP) is 6.22. The zero-order valence-electron chi connectivity index (χ0n) is 22.3. The molecule has 0 saturated heterocycles. The zero-order valence-corrected chi connectivity index (χ0v) is 25.5. The lowest BCUT2D eigenvalue weighted by atomic mass is 9.96. The zero-order chi connectivity index (χ0) is 28.7. The molecule has 6 nitrogen and oxygen atoms in total. The number of para-hydroxylation sites is 1. The fraction of sp³-hybridized carbons (Fsp3) is 0.156. The van der Waals surface area contributed by atoms with Crippen LogP contribution in [-0.2, 0) is 16.1 Å². The minimum absolute atomic E-state index is 0.209. The van der Waals surface area contributed by atoms with E-state index < -0.39 is 12.0 Å². The van der Waals surface area contributed by atoms with Crippen LogP contribution in [0, 0.1) is 0 Å². The molecule has 0 N–H and O–H groups in total. The van der Waals surface area contributed by atoms with Crippen molar-refractivity contribution in [2.24, 2.45) is 4.99 Å². The fourth-order valence-corrected chi connectivity index (χ4v) is 6.72. The maximum Gasteiger partial charge on any atom is 0.338 e. The Kier molecular flexibility index (Phi) is 7.55. The molecule has 0 radical (unpaired) electrons. The molecule has 6 rings (SSSR count). The van der Waals surface area contributed by atoms with Gasteiger partial charge in [0.25, 0.3) is 5.56 Å². The molecule has 3 heterocycles. The molecule has 1 aliphatic heterocycles. The average molecular weight is 647 g/mol. The maximum atomic E-state index is 14.1. The Bertz CT molecular complexity index is 2020. The van der Waals surface area contributed by atoms with Gasteiger partial charge in [0, 0.05) is 38.7 Å². The second-order valence-corrected chi connectivity index (χ2v) is 12.0. The van der Waals surface area contributed by atoms with Gasteiger partial charge in [-0.3, -0.25) is 9.36 Å². The number of halogens is 2. The van der Waals surface area contributed by atoms with E-state index in [0.29, 0.717) is 32.2 Å². The van der Waals surface area contributed by atoms with Crippen LogP contribution in [0.4, 0.5) is 0 Å². The molecule has 1 atom stereocenters. The topological polar surface area (TPSA) is 65.6 Å². The van der Waals surface area contributed by atoms with E-state index in [2.05, 4.69) is 32.6 Å². The summed E-state index contributed by atoms with van der Waals surface area (Å²) in [5.41, 5.74) is 4.47. The molecule has 1 aliphatic rings. The third-order valence-electron chi connectivity index (χ3n) is 7.11. The van der Waals surface area contributed by atoms with Crippen LogP contribution in [0.1, 0.15) is 36.6 Å². The predicted molar refractivity (Wildman–Crippen MR) is 167 cm³/mol. The van der Waals surface area contributed by atoms with Crippen molar-refractivity contribution >= 4 is 61.8 Å². The van der Waals surface area contributed by atoms with E-state index in [1.165, 1.54) is 11.3 Å². The van der Waals surface area contributed by atoms with Gasteiger partial charge < -0.3 is 9.30 Å². The van der Waals surface area contributed by atoms with Gasteiger partial charge in [0.05, 0.1) is 28.5 Å². The fourth-order valence-electron chi connectivity index (χ4n) is 5.22. The van der Waals surface area contributed by atoms with E-state index in [1.54, 1.807) is 18.4 Å². The molecule has 9 heteroatoms. The van der Waals surface area contributed by atoms with Crippen molar-refractivity contribution in [1.82, 2.24) is 9.13 Å². The molecule has 0 unspecified atom stereocenters. The van der Waals surface area contributed by atoms with Crippen LogP contribution in [0.3, 0.4) is 0 Å². The number of carbonyl (C=O) groups is 1. The van der Waals surface area contributed by atoms with E-state index in [-0.39, 0.29) is 12.2 Å². The molecule has 0 spiro atoms. The third kappa shape index (κ3) is 5.12. The number of thiazole rings is 1. The summed E-state index contributed by atoms with van der Waals surface area (Å²) in [6, 6.07) is 22.9. The standard InChI is InChI=1S/C32H25BrClN3O3S/c1-3-40-31(39)28-19(2)35-32-37(29(28)20-12-14-23(33)15-13-20)30(38)27(41-32)16-22-18-36(26-11-7-5-9-24(22)26)17-21-8-4-6-10-25(21)34/h4-16,18,29H,3,17H2,1-2H3/b27-16-/t29-/m0/s1. The molecule has 0 aliphatic carbocycles. The first-order valence-electron chi connectivity index (χ1n) is 13.1. The van der Waals surface area contributed by atoms with Crippen molar-refractivity contribution in [1.29, 1.82) is 0 Å². The van der Waals surface area contributed by atoms with Crippen molar-refractivity contribution in [3.8, 4) is 0 Å². The quantitative estimate of drug-likeness (QED) is 0.206. The molecule has 2 aromatic heterocycles. The molecule has 3 aromatic carbocycles. The van der Waals surface area contributed by atoms with Crippen molar-refractivity contribution in [3.63, 3.8) is 0 Å². The van der Waals surface area contributed by atoms with Crippen molar-refractivity contribution in [2.75, 3.05) is 6.61 Å². The number of benzene rings is 3. The van der Waals surface area contributed by atoms with Gasteiger partial charge in [-0.2, -0.15) is 0 Å². The van der Waals surface area contributed by atoms with Gasteiger partial charge >= 0.3 is 5.97 Å². The summed E-state index contributed by atoms with van der Waals surface area (Å²) in [5.74, 6) is -0.474. The van der Waals surface area contributed by atoms with Crippen LogP contribution < -0.4 is 14.9 Å². The minimum Gasteiger partial charge on any atom is -0.463 e. The molecule has 0 amide bonds. The lowest BCUT2D eigenvalue weighted by Gasteiger charge is -2.24. The number of fused-ring (bicyclic) bond motifs is 2. The summed E-state index contributed by atoms with van der Waals surface area (Å²) < 4.78 is 10.6. The van der Waals surface area contributed by atoms with E-state index >= 15 is 0 Å². The summed E-state index contributed by atoms with van der Waals surface area (Å²) in [6.07, 6.45) is 3.96. The molecule has 0 saturated carbocycles. The van der Waals surface area contributed by atoms with Crippen molar-refractivity contribution in [2.45, 2.75) is 26.4 Å². The molecule has 5 aromatic rings. The number of allylic oxidation sites excluding steroid dienone is 1. The SMILES string of the molecule is CCOC(=O)C1=C(C)N=c2s/c(=C\c3cn(Cc4ccccc4Cl)c4ccccc34)c(=O)n2[C@H]1c1ccc(Br)cc1. The van der Waals surface area contributed by atoms with Gasteiger partial charge in [0.2, 0.25) is 0 Å². The number of rotatable bonds is 6. The normalized spacial score (nSPS) is 15.2. The van der Waals surface area contributed by atoms with Crippen LogP contribution in [0.15, 0.2) is 105 Å². The highest BCUT2D eigenvalue weighted by Crippen LogP contribution is 2.31. The highest BCUT2D eigenvalue weighted by molar-refractivity contribution is 9.10. The summed E-state index contributed by atoms with van der Waals surface area (Å²) in [4.78, 5) is 32.4. The number of hydrogen-bond acceptors (Lipinski definition) is 5. The lowest BCUT2D eigenvalue weighted by molar-refractivity contribution is -0.139. The molecular formula is C32H25BrClN3O3S. The largest absolute Gasteiger partial charge is 0.463 e. The Hall–Kier alpha value is -3.72. The van der Waals surface area contributed by atoms with Gasteiger partial charge in [-0.15, -0.1) is 0 Å². The number of hydrogen-bond donors (Lipinski definition) is 0. The van der Waals surface area contributed by atoms with Crippen LogP contribution in [0.25, 0.3) is 17.0 Å². The first kappa shape index (κ1) is 27.4. The Morgan fingerprint density at radius 2 is 1.83 bits per heavy atom. The van der Waals surface area contributed by atoms with E-state index in [0.717, 1.165) is 32.1 Å². The first-order chi connectivity index (χ1) is 19.9. The molecular weight excluding hydrogens is 622 g/mol. The summed E-state index contributed by atoms with van der Waals surface area (Å²) >= 11 is 11.3. The lowest BCUT2D eigenvalue weighted by Crippen LogP contribution is -2.39. The van der Waals surface area contributed by atoms with Crippen molar-refractivity contribution in [3.05, 3.63) is 136 Å². The van der Waals surface area contributed by atoms with Gasteiger partial charge in [-0.05, 0) is 55.3 Å². The highest BCUT2D eigenvalue weighted by atomic mass is 79.9. The number of ether oxygens (including phenoxy) is 1. The summed E-state index contributed by atoms with van der Waals surface area (Å²) in [5, 5.41) is 1.74. The Morgan fingerprint density at radius 1 is 1.10 bits per heavy atom. The van der Waals surface area contributed by atoms with E-state index in [9.17, 15) is 9.59 Å². The first-order valence-corrected chi connectivity index (χ1v) is 15.1. The van der Waals surface area contributed by atoms with Gasteiger partial charge in [0.1, 0.15) is 0 Å². The third-order valence-corrected chi connectivity index (χ3v) is 8.99. The minimum atomic E-state index is -0.651. The van der Waals surface area contributed by atoms with Crippen LogP contribution >= 0.6 is 38.9 Å². The Labute approximate surface area is 253 Å². The molecule has 0 fully saturated rings. The summed E-state index contributed by atoms with van der Waals surface area (Å²) in [7, 11) is 0. The monoisotopic (exact) mass is 645 g/mol. The van der Waals surface area contributed by atoms with Gasteiger partial charge in [-0.1, -0.05) is 87.4 Å². The summed E-state index contributed by atoms with van der Waals surface area (Å²) in [6.45, 7) is 4.38. The average Bonchev–Trinajstić information content (AvgIpc) is 3.46. The van der Waals surface area contributed by atoms with Gasteiger partial charge in [0.15, 0.2) is 4.80 Å². The highest BCUT2D eigenvalue weighted by Gasteiger charge is 2.33. The molecule has 206 valence electrons. The number of aromatic nitrogens is 2. The van der Waals surface area contributed by atoms with Gasteiger partial charge in [-0.25, -0.2) is 9.79 Å². The second kappa shape index (κ2) is 11.3. The Balaban J connectivity index is 1.52. The van der Waals surface area contributed by atoms with E-state index in [1.807, 2.05) is 72.9 Å². The van der Waals surface area contributed by atoms with E-state index in [4.69, 9.17) is 21.3 Å². The van der Waals surface area contributed by atoms with Crippen molar-refractivity contribution < 1.29 is 9.53 Å². The second-order valence-electron chi connectivity index (χ2n) is 9.67. The van der Waals surface area contributed by atoms with Crippen LogP contribution in [-0.4, -0.2) is 21.7 Å². The smallest absolute Gasteiger partial charge is 0.338 e.